The molecule has 2 saturated heterocycles. The second-order valence-corrected chi connectivity index (χ2v) is 7.13. The predicted molar refractivity (Wildman–Crippen MR) is 106 cm³/mol. The van der Waals surface area contributed by atoms with Crippen LogP contribution in [0.3, 0.4) is 0 Å². The zero-order valence-electron chi connectivity index (χ0n) is 14.8. The van der Waals surface area contributed by atoms with E-state index in [2.05, 4.69) is 35.1 Å². The van der Waals surface area contributed by atoms with E-state index >= 15 is 0 Å². The van der Waals surface area contributed by atoms with Gasteiger partial charge in [0.1, 0.15) is 6.04 Å². The van der Waals surface area contributed by atoms with Crippen LogP contribution in [0.1, 0.15) is 23.2 Å². The number of benzene rings is 3. The second-order valence-electron chi connectivity index (χ2n) is 7.13. The average molecular weight is 355 g/mol. The van der Waals surface area contributed by atoms with Gasteiger partial charge in [-0.1, -0.05) is 78.9 Å². The molecule has 2 N–H and O–H groups in total. The van der Waals surface area contributed by atoms with E-state index in [9.17, 15) is 4.79 Å². The molecule has 27 heavy (non-hydrogen) atoms. The molecule has 1 amide bonds. The Morgan fingerprint density at radius 1 is 0.630 bits per heavy atom. The van der Waals surface area contributed by atoms with Crippen molar-refractivity contribution in [2.75, 3.05) is 4.90 Å². The normalized spacial score (nSPS) is 27.0. The van der Waals surface area contributed by atoms with Crippen LogP contribution in [0.2, 0.25) is 0 Å². The maximum absolute atomic E-state index is 13.4. The number of rotatable bonds is 3. The SMILES string of the molecule is O=C1C2NNC(c3ccccc3)C2C(c2ccccc2)N1c1ccccc1. The van der Waals surface area contributed by atoms with Crippen LogP contribution in [0.25, 0.3) is 0 Å². The lowest BCUT2D eigenvalue weighted by atomic mass is 9.83. The van der Waals surface area contributed by atoms with E-state index in [1.165, 1.54) is 5.56 Å². The van der Waals surface area contributed by atoms with Gasteiger partial charge in [-0.25, -0.2) is 10.9 Å². The Morgan fingerprint density at radius 3 is 1.78 bits per heavy atom. The summed E-state index contributed by atoms with van der Waals surface area (Å²) in [5, 5.41) is 0. The van der Waals surface area contributed by atoms with Crippen molar-refractivity contribution in [3.8, 4) is 0 Å². The summed E-state index contributed by atoms with van der Waals surface area (Å²) >= 11 is 0. The molecule has 4 atom stereocenters. The summed E-state index contributed by atoms with van der Waals surface area (Å²) in [4.78, 5) is 15.3. The Labute approximate surface area is 158 Å². The first-order valence-corrected chi connectivity index (χ1v) is 9.33. The van der Waals surface area contributed by atoms with Gasteiger partial charge in [0.05, 0.1) is 12.1 Å². The lowest BCUT2D eigenvalue weighted by Crippen LogP contribution is -2.41. The third-order valence-electron chi connectivity index (χ3n) is 5.64. The molecule has 2 heterocycles. The smallest absolute Gasteiger partial charge is 0.246 e. The third kappa shape index (κ3) is 2.65. The minimum absolute atomic E-state index is 0.0289. The van der Waals surface area contributed by atoms with Crippen LogP contribution in [-0.2, 0) is 4.79 Å². The van der Waals surface area contributed by atoms with Crippen LogP contribution in [0.4, 0.5) is 5.69 Å². The largest absolute Gasteiger partial charge is 0.303 e. The minimum atomic E-state index is -0.249. The van der Waals surface area contributed by atoms with Gasteiger partial charge in [-0.15, -0.1) is 0 Å². The number of hydrogen-bond donors (Lipinski definition) is 2. The molecule has 134 valence electrons. The van der Waals surface area contributed by atoms with Gasteiger partial charge in [0.15, 0.2) is 0 Å². The molecule has 4 nitrogen and oxygen atoms in total. The molecule has 0 radical (unpaired) electrons. The van der Waals surface area contributed by atoms with E-state index < -0.39 is 0 Å². The molecule has 2 fully saturated rings. The minimum Gasteiger partial charge on any atom is -0.303 e. The van der Waals surface area contributed by atoms with E-state index in [0.29, 0.717) is 0 Å². The topological polar surface area (TPSA) is 44.4 Å². The Hall–Kier alpha value is -2.95. The molecule has 0 bridgehead atoms. The molecule has 5 rings (SSSR count). The molecule has 4 unspecified atom stereocenters. The van der Waals surface area contributed by atoms with Crippen molar-refractivity contribution < 1.29 is 4.79 Å². The van der Waals surface area contributed by atoms with Crippen molar-refractivity contribution in [2.45, 2.75) is 18.1 Å². The number of amides is 1. The molecular formula is C23H21N3O. The van der Waals surface area contributed by atoms with Crippen LogP contribution < -0.4 is 15.8 Å². The van der Waals surface area contributed by atoms with Gasteiger partial charge in [-0.05, 0) is 23.3 Å². The fraction of sp³-hybridized carbons (Fsp3) is 0.174. The quantitative estimate of drug-likeness (QED) is 0.754. The van der Waals surface area contributed by atoms with Crippen LogP contribution >= 0.6 is 0 Å². The van der Waals surface area contributed by atoms with Gasteiger partial charge in [0.2, 0.25) is 5.91 Å². The van der Waals surface area contributed by atoms with E-state index in [-0.39, 0.29) is 30.0 Å². The van der Waals surface area contributed by atoms with Crippen molar-refractivity contribution in [1.82, 2.24) is 10.9 Å². The number of anilines is 1. The fourth-order valence-electron chi connectivity index (χ4n) is 4.48. The van der Waals surface area contributed by atoms with Gasteiger partial charge >= 0.3 is 0 Å². The number of hydrazine groups is 1. The van der Waals surface area contributed by atoms with Crippen molar-refractivity contribution in [2.24, 2.45) is 5.92 Å². The highest BCUT2D eigenvalue weighted by Gasteiger charge is 2.55. The van der Waals surface area contributed by atoms with Gasteiger partial charge in [0, 0.05) is 11.6 Å². The van der Waals surface area contributed by atoms with E-state index in [4.69, 9.17) is 0 Å². The van der Waals surface area contributed by atoms with Crippen molar-refractivity contribution in [3.63, 3.8) is 0 Å². The van der Waals surface area contributed by atoms with Crippen LogP contribution in [-0.4, -0.2) is 11.9 Å². The van der Waals surface area contributed by atoms with Crippen molar-refractivity contribution in [3.05, 3.63) is 102 Å². The van der Waals surface area contributed by atoms with Crippen molar-refractivity contribution >= 4 is 11.6 Å². The highest BCUT2D eigenvalue weighted by Crippen LogP contribution is 2.48. The number of carbonyl (C=O) groups is 1. The molecule has 3 aromatic rings. The number of nitrogens with zero attached hydrogens (tertiary/aromatic N) is 1. The zero-order chi connectivity index (χ0) is 18.2. The number of fused-ring (bicyclic) bond motifs is 1. The Balaban J connectivity index is 1.63. The van der Waals surface area contributed by atoms with Gasteiger partial charge in [-0.3, -0.25) is 4.79 Å². The van der Waals surface area contributed by atoms with Gasteiger partial charge < -0.3 is 4.90 Å². The molecule has 0 saturated carbocycles. The van der Waals surface area contributed by atoms with Crippen LogP contribution in [0.15, 0.2) is 91.0 Å². The molecule has 3 aromatic carbocycles. The summed E-state index contributed by atoms with van der Waals surface area (Å²) < 4.78 is 0. The van der Waals surface area contributed by atoms with E-state index in [1.54, 1.807) is 0 Å². The van der Waals surface area contributed by atoms with E-state index in [1.807, 2.05) is 71.6 Å². The standard InChI is InChI=1S/C23H21N3O/c27-23-21-19(20(24-25-21)16-10-4-1-5-11-16)22(17-12-6-2-7-13-17)26(23)18-14-8-3-9-15-18/h1-15,19-22,24-25H. The molecule has 2 aliphatic heterocycles. The monoisotopic (exact) mass is 355 g/mol. The summed E-state index contributed by atoms with van der Waals surface area (Å²) in [6, 6.07) is 30.5. The van der Waals surface area contributed by atoms with E-state index in [0.717, 1.165) is 11.3 Å². The fourth-order valence-corrected chi connectivity index (χ4v) is 4.48. The molecule has 0 aliphatic carbocycles. The molecular weight excluding hydrogens is 334 g/mol. The van der Waals surface area contributed by atoms with Crippen LogP contribution in [0, 0.1) is 5.92 Å². The maximum Gasteiger partial charge on any atom is 0.246 e. The lowest BCUT2D eigenvalue weighted by Gasteiger charge is -2.31. The maximum atomic E-state index is 13.4. The highest BCUT2D eigenvalue weighted by atomic mass is 16.2. The first-order chi connectivity index (χ1) is 13.3. The Morgan fingerprint density at radius 2 is 1.15 bits per heavy atom. The van der Waals surface area contributed by atoms with Crippen LogP contribution in [0.5, 0.6) is 0 Å². The molecule has 0 spiro atoms. The number of nitrogens with one attached hydrogen (secondary N) is 2. The highest BCUT2D eigenvalue weighted by molar-refractivity contribution is 6.01. The first-order valence-electron chi connectivity index (χ1n) is 9.33. The van der Waals surface area contributed by atoms with Gasteiger partial charge in [-0.2, -0.15) is 0 Å². The number of para-hydroxylation sites is 1. The third-order valence-corrected chi connectivity index (χ3v) is 5.64. The Bertz CT molecular complexity index is 930. The molecule has 2 aliphatic rings. The molecule has 0 aromatic heterocycles. The van der Waals surface area contributed by atoms with Crippen molar-refractivity contribution in [1.29, 1.82) is 0 Å². The van der Waals surface area contributed by atoms with Gasteiger partial charge in [0.25, 0.3) is 0 Å². The Kier molecular flexibility index (Phi) is 4.00. The summed E-state index contributed by atoms with van der Waals surface area (Å²) in [5.41, 5.74) is 9.95. The second kappa shape index (κ2) is 6.65. The summed E-state index contributed by atoms with van der Waals surface area (Å²) in [5.74, 6) is 0.216. The molecule has 4 heteroatoms. The lowest BCUT2D eigenvalue weighted by molar-refractivity contribution is -0.119. The summed E-state index contributed by atoms with van der Waals surface area (Å²) in [6.07, 6.45) is 0. The first kappa shape index (κ1) is 16.2. The predicted octanol–water partition coefficient (Wildman–Crippen LogP) is 3.61. The zero-order valence-corrected chi connectivity index (χ0v) is 14.8. The summed E-state index contributed by atoms with van der Waals surface area (Å²) in [6.45, 7) is 0. The summed E-state index contributed by atoms with van der Waals surface area (Å²) in [7, 11) is 0. The average Bonchev–Trinajstić information content (AvgIpc) is 3.29. The number of hydrogen-bond acceptors (Lipinski definition) is 3. The number of carbonyl (C=O) groups excluding carboxylic acids is 1.